The number of phosphoric acid groups is 1. The smallest absolute Gasteiger partial charge is 0.186 e. The molecule has 0 aromatic heterocycles. The third-order valence-electron chi connectivity index (χ3n) is 2.54. The number of phosphoric ester groups is 1. The van der Waals surface area contributed by atoms with E-state index >= 15 is 0 Å². The van der Waals surface area contributed by atoms with E-state index in [-0.39, 0.29) is 0 Å². The van der Waals surface area contributed by atoms with Gasteiger partial charge in [-0.2, -0.15) is 0 Å². The third kappa shape index (κ3) is 3.95. The summed E-state index contributed by atoms with van der Waals surface area (Å²) in [5, 5.41) is 19.3. The fraction of sp³-hybridized carbons (Fsp3) is 1.00. The van der Waals surface area contributed by atoms with Crippen LogP contribution in [0.4, 0.5) is 0 Å². The lowest BCUT2D eigenvalue weighted by Crippen LogP contribution is -2.59. The Kier molecular flexibility index (Phi) is 5.66. The van der Waals surface area contributed by atoms with Gasteiger partial charge in [0.05, 0.1) is 14.4 Å². The van der Waals surface area contributed by atoms with Gasteiger partial charge in [-0.25, -0.2) is 0 Å². The highest BCUT2D eigenvalue weighted by Crippen LogP contribution is 2.29. The molecule has 0 aliphatic carbocycles. The Labute approximate surface area is 103 Å². The molecule has 1 aliphatic heterocycles. The van der Waals surface area contributed by atoms with Gasteiger partial charge in [0.15, 0.2) is 6.29 Å². The first-order chi connectivity index (χ1) is 8.30. The summed E-state index contributed by atoms with van der Waals surface area (Å²) in [6.45, 7) is -0.633. The third-order valence-corrected chi connectivity index (χ3v) is 3.01. The summed E-state index contributed by atoms with van der Waals surface area (Å²) >= 11 is 0. The van der Waals surface area contributed by atoms with Gasteiger partial charge in [-0.3, -0.25) is 0 Å². The van der Waals surface area contributed by atoms with Crippen LogP contribution >= 0.6 is 7.82 Å². The molecule has 1 fully saturated rings. The van der Waals surface area contributed by atoms with Gasteiger partial charge in [-0.1, -0.05) is 0 Å². The van der Waals surface area contributed by atoms with Crippen molar-refractivity contribution >= 4 is 7.82 Å². The molecule has 18 heavy (non-hydrogen) atoms. The molecule has 2 N–H and O–H groups in total. The van der Waals surface area contributed by atoms with Crippen molar-refractivity contribution in [1.82, 2.24) is 0 Å². The molecule has 0 spiro atoms. The van der Waals surface area contributed by atoms with Crippen LogP contribution in [0.15, 0.2) is 0 Å². The van der Waals surface area contributed by atoms with Crippen LogP contribution in [-0.4, -0.2) is 61.7 Å². The summed E-state index contributed by atoms with van der Waals surface area (Å²) in [6, 6.07) is 0. The fourth-order valence-electron chi connectivity index (χ4n) is 1.69. The van der Waals surface area contributed by atoms with E-state index in [1.54, 1.807) is 0 Å². The molecule has 1 rings (SSSR count). The molecule has 0 amide bonds. The molecular weight excluding hydrogens is 271 g/mol. The van der Waals surface area contributed by atoms with Crippen molar-refractivity contribution in [3.8, 4) is 0 Å². The maximum atomic E-state index is 10.4. The maximum Gasteiger partial charge on any atom is 0.186 e. The Morgan fingerprint density at radius 3 is 2.28 bits per heavy atom. The van der Waals surface area contributed by atoms with E-state index in [0.717, 1.165) is 0 Å². The molecule has 1 saturated heterocycles. The summed E-state index contributed by atoms with van der Waals surface area (Å²) in [6.07, 6.45) is -5.99. The van der Waals surface area contributed by atoms with Gasteiger partial charge in [-0.15, -0.1) is 0 Å². The monoisotopic (exact) mass is 286 g/mol. The molecule has 0 radical (unpaired) electrons. The van der Waals surface area contributed by atoms with Crippen LogP contribution in [0.25, 0.3) is 0 Å². The van der Waals surface area contributed by atoms with Crippen molar-refractivity contribution in [2.45, 2.75) is 30.7 Å². The lowest BCUT2D eigenvalue weighted by Gasteiger charge is -2.42. The lowest BCUT2D eigenvalue weighted by molar-refractivity contribution is -0.348. The lowest BCUT2D eigenvalue weighted by atomic mass is 9.99. The molecule has 1 aliphatic rings. The Morgan fingerprint density at radius 2 is 1.83 bits per heavy atom. The number of aliphatic hydroxyl groups is 2. The highest BCUT2D eigenvalue weighted by Gasteiger charge is 2.45. The van der Waals surface area contributed by atoms with Crippen molar-refractivity contribution in [3.63, 3.8) is 0 Å². The number of methoxy groups -OCH3 is 2. The van der Waals surface area contributed by atoms with Crippen LogP contribution in [0.5, 0.6) is 0 Å². The van der Waals surface area contributed by atoms with Gasteiger partial charge in [0.1, 0.15) is 24.4 Å². The minimum Gasteiger partial charge on any atom is -0.790 e. The first kappa shape index (κ1) is 16.0. The van der Waals surface area contributed by atoms with Crippen molar-refractivity contribution in [2.75, 3.05) is 20.8 Å². The zero-order valence-electron chi connectivity index (χ0n) is 9.79. The van der Waals surface area contributed by atoms with E-state index in [1.807, 2.05) is 0 Å². The molecule has 5 atom stereocenters. The molecule has 10 heteroatoms. The van der Waals surface area contributed by atoms with Gasteiger partial charge < -0.3 is 43.3 Å². The molecular formula is C8H15O9P-2. The summed E-state index contributed by atoms with van der Waals surface area (Å²) in [7, 11) is -2.68. The maximum absolute atomic E-state index is 10.4. The molecule has 0 aromatic rings. The minimum atomic E-state index is -5.15. The molecule has 9 nitrogen and oxygen atoms in total. The Hall–Kier alpha value is -0.0900. The molecule has 108 valence electrons. The topological polar surface area (TPSA) is 141 Å². The predicted molar refractivity (Wildman–Crippen MR) is 52.0 cm³/mol. The Balaban J connectivity index is 2.71. The Morgan fingerprint density at radius 1 is 1.22 bits per heavy atom. The number of hydrogen-bond acceptors (Lipinski definition) is 9. The average Bonchev–Trinajstić information content (AvgIpc) is 2.29. The SMILES string of the molecule is COC1OC(COP(=O)([O-])[O-])C(OC)C(O)C1O. The number of ether oxygens (including phenoxy) is 3. The zero-order chi connectivity index (χ0) is 13.9. The highest BCUT2D eigenvalue weighted by atomic mass is 31.2. The normalized spacial score (nSPS) is 37.8. The van der Waals surface area contributed by atoms with Crippen LogP contribution in [0.3, 0.4) is 0 Å². The van der Waals surface area contributed by atoms with Gasteiger partial charge in [0.25, 0.3) is 0 Å². The number of aliphatic hydroxyl groups excluding tert-OH is 2. The van der Waals surface area contributed by atoms with Crippen LogP contribution in [0.2, 0.25) is 0 Å². The van der Waals surface area contributed by atoms with Gasteiger partial charge in [0.2, 0.25) is 0 Å². The van der Waals surface area contributed by atoms with E-state index in [0.29, 0.717) is 0 Å². The van der Waals surface area contributed by atoms with Crippen LogP contribution < -0.4 is 9.79 Å². The molecule has 1 heterocycles. The average molecular weight is 286 g/mol. The molecule has 5 unspecified atom stereocenters. The van der Waals surface area contributed by atoms with Crippen molar-refractivity contribution in [3.05, 3.63) is 0 Å². The summed E-state index contributed by atoms with van der Waals surface area (Å²) in [5.41, 5.74) is 0. The van der Waals surface area contributed by atoms with Crippen LogP contribution in [-0.2, 0) is 23.3 Å². The van der Waals surface area contributed by atoms with E-state index in [1.165, 1.54) is 14.2 Å². The minimum absolute atomic E-state index is 0.633. The quantitative estimate of drug-likeness (QED) is 0.504. The van der Waals surface area contributed by atoms with Gasteiger partial charge in [0, 0.05) is 14.2 Å². The van der Waals surface area contributed by atoms with Gasteiger partial charge in [-0.05, 0) is 0 Å². The van der Waals surface area contributed by atoms with E-state index in [2.05, 4.69) is 4.52 Å². The largest absolute Gasteiger partial charge is 0.790 e. The first-order valence-electron chi connectivity index (χ1n) is 5.04. The summed E-state index contributed by atoms with van der Waals surface area (Å²) in [5.74, 6) is 0. The standard InChI is InChI=1S/C8H17O9P/c1-14-7-4(3-16-18(11,12)13)17-8(15-2)6(10)5(7)9/h4-10H,3H2,1-2H3,(H2,11,12,13)/p-2. The number of rotatable bonds is 5. The Bertz CT molecular complexity index is 305. The summed E-state index contributed by atoms with van der Waals surface area (Å²) < 4.78 is 29.2. The van der Waals surface area contributed by atoms with E-state index in [4.69, 9.17) is 14.2 Å². The molecule has 0 bridgehead atoms. The first-order valence-corrected chi connectivity index (χ1v) is 6.50. The second-order valence-corrected chi connectivity index (χ2v) is 4.86. The predicted octanol–water partition coefficient (Wildman–Crippen LogP) is -3.06. The van der Waals surface area contributed by atoms with E-state index in [9.17, 15) is 24.6 Å². The highest BCUT2D eigenvalue weighted by molar-refractivity contribution is 7.43. The van der Waals surface area contributed by atoms with Crippen LogP contribution in [0.1, 0.15) is 0 Å². The van der Waals surface area contributed by atoms with Crippen molar-refractivity contribution < 1.29 is 43.3 Å². The molecule has 0 aromatic carbocycles. The van der Waals surface area contributed by atoms with Crippen LogP contribution in [0, 0.1) is 0 Å². The summed E-state index contributed by atoms with van der Waals surface area (Å²) in [4.78, 5) is 20.8. The van der Waals surface area contributed by atoms with E-state index < -0.39 is 45.1 Å². The van der Waals surface area contributed by atoms with Crippen molar-refractivity contribution in [2.24, 2.45) is 0 Å². The fourth-order valence-corrected chi connectivity index (χ4v) is 2.02. The van der Waals surface area contributed by atoms with Crippen molar-refractivity contribution in [1.29, 1.82) is 0 Å². The second-order valence-electron chi connectivity index (χ2n) is 3.70. The van der Waals surface area contributed by atoms with Gasteiger partial charge >= 0.3 is 0 Å². The second kappa shape index (κ2) is 6.38. The molecule has 0 saturated carbocycles. The number of hydrogen-bond donors (Lipinski definition) is 2. The zero-order valence-corrected chi connectivity index (χ0v) is 10.7.